The molecule has 0 nitrogen and oxygen atoms in total. The fraction of sp³-hybridized carbons (Fsp3) is 0.286. The van der Waals surface area contributed by atoms with Crippen LogP contribution in [0.1, 0.15) is 0 Å². The van der Waals surface area contributed by atoms with Gasteiger partial charge in [0, 0.05) is 23.0 Å². The van der Waals surface area contributed by atoms with Crippen LogP contribution in [0.25, 0.3) is 24.3 Å². The molecule has 18 heavy (non-hydrogen) atoms. The van der Waals surface area contributed by atoms with Gasteiger partial charge in [0.2, 0.25) is 0 Å². The third-order valence-electron chi connectivity index (χ3n) is 2.57. The monoisotopic (exact) mass is 314 g/mol. The van der Waals surface area contributed by atoms with Crippen molar-refractivity contribution < 1.29 is 0 Å². The molecule has 0 saturated heterocycles. The molecule has 1 aromatic carbocycles. The summed E-state index contributed by atoms with van der Waals surface area (Å²) in [5, 5.41) is 4.82. The van der Waals surface area contributed by atoms with Gasteiger partial charge in [-0.2, -0.15) is 50.5 Å². The average Bonchev–Trinajstić information content (AvgIpc) is 2.37. The van der Waals surface area contributed by atoms with Crippen molar-refractivity contribution in [2.24, 2.45) is 0 Å². The van der Waals surface area contributed by atoms with Gasteiger partial charge in [-0.05, 0) is 20.9 Å². The zero-order valence-corrected chi connectivity index (χ0v) is 13.7. The Morgan fingerprint density at radius 1 is 0.611 bits per heavy atom. The first-order chi connectivity index (χ1) is 8.78. The third-order valence-corrected chi connectivity index (χ3v) is 3.30. The quantitative estimate of drug-likeness (QED) is 0.573. The molecule has 0 aliphatic heterocycles. The van der Waals surface area contributed by atoms with E-state index in [1.54, 1.807) is 0 Å². The Bertz CT molecular complexity index is 547. The molecule has 0 radical (unpaired) electrons. The smallest absolute Gasteiger partial charge is 0.00919 e. The van der Waals surface area contributed by atoms with Crippen molar-refractivity contribution in [3.8, 4) is 0 Å². The van der Waals surface area contributed by atoms with E-state index in [0.29, 0.717) is 11.5 Å². The molecule has 0 N–H and O–H groups in total. The summed E-state index contributed by atoms with van der Waals surface area (Å²) in [6.45, 7) is 0. The first-order valence-electron chi connectivity index (χ1n) is 5.71. The molecule has 1 aromatic rings. The van der Waals surface area contributed by atoms with Gasteiger partial charge >= 0.3 is 0 Å². The van der Waals surface area contributed by atoms with E-state index in [1.165, 1.54) is 20.9 Å². The molecule has 0 heterocycles. The van der Waals surface area contributed by atoms with Gasteiger partial charge in [0.15, 0.2) is 0 Å². The highest BCUT2D eigenvalue weighted by atomic mass is 32.1. The fourth-order valence-electron chi connectivity index (χ4n) is 1.86. The van der Waals surface area contributed by atoms with Crippen LogP contribution in [0.5, 0.6) is 0 Å². The van der Waals surface area contributed by atoms with Crippen LogP contribution in [-0.4, -0.2) is 23.0 Å². The van der Waals surface area contributed by atoms with Gasteiger partial charge in [-0.25, -0.2) is 0 Å². The lowest BCUT2D eigenvalue weighted by Gasteiger charge is -1.97. The standard InChI is InChI=1S/C14H18S4/c15-7-3-11-1-2-12(4-8-16)14(6-10-18)13(11)5-9-17/h1-6,15-18H,7-10H2. The van der Waals surface area contributed by atoms with E-state index >= 15 is 0 Å². The maximum atomic E-state index is 4.30. The molecule has 0 spiro atoms. The van der Waals surface area contributed by atoms with Crippen molar-refractivity contribution in [1.29, 1.82) is 0 Å². The number of hydrogen-bond donors (Lipinski definition) is 4. The number of benzene rings is 1. The van der Waals surface area contributed by atoms with Gasteiger partial charge in [-0.15, -0.1) is 0 Å². The highest BCUT2D eigenvalue weighted by molar-refractivity contribution is 7.81. The molecule has 0 saturated carbocycles. The molecule has 0 atom stereocenters. The summed E-state index contributed by atoms with van der Waals surface area (Å²) in [7, 11) is 0. The molecule has 0 aliphatic rings. The van der Waals surface area contributed by atoms with Crippen LogP contribution in [0.4, 0.5) is 0 Å². The molecule has 0 unspecified atom stereocenters. The number of thiol groups is 4. The summed E-state index contributed by atoms with van der Waals surface area (Å²) in [5.41, 5.74) is 0. The summed E-state index contributed by atoms with van der Waals surface area (Å²) in [6, 6.07) is 4.24. The van der Waals surface area contributed by atoms with Crippen LogP contribution in [-0.2, 0) is 0 Å². The van der Waals surface area contributed by atoms with E-state index in [9.17, 15) is 0 Å². The number of hydrogen-bond acceptors (Lipinski definition) is 4. The van der Waals surface area contributed by atoms with Crippen molar-refractivity contribution in [1.82, 2.24) is 0 Å². The summed E-state index contributed by atoms with van der Waals surface area (Å²) in [6.07, 6.45) is 8.48. The van der Waals surface area contributed by atoms with E-state index in [2.05, 4.69) is 87.0 Å². The van der Waals surface area contributed by atoms with E-state index in [-0.39, 0.29) is 0 Å². The molecule has 4 heteroatoms. The van der Waals surface area contributed by atoms with E-state index in [1.807, 2.05) is 0 Å². The Kier molecular flexibility index (Phi) is 8.15. The lowest BCUT2D eigenvalue weighted by molar-refractivity contribution is 1.38. The van der Waals surface area contributed by atoms with Crippen molar-refractivity contribution in [2.75, 3.05) is 23.0 Å². The maximum absolute atomic E-state index is 4.30. The van der Waals surface area contributed by atoms with Crippen molar-refractivity contribution in [3.05, 3.63) is 33.0 Å². The molecule has 98 valence electrons. The second-order valence-corrected chi connectivity index (χ2v) is 5.08. The topological polar surface area (TPSA) is 0 Å². The minimum Gasteiger partial charge on any atom is -0.175 e. The van der Waals surface area contributed by atoms with Crippen LogP contribution >= 0.6 is 50.5 Å². The lowest BCUT2D eigenvalue weighted by atomic mass is 10.1. The fourth-order valence-corrected chi connectivity index (χ4v) is 2.62. The second-order valence-electron chi connectivity index (χ2n) is 3.62. The number of rotatable bonds is 4. The molecular formula is C14H18S4. The molecule has 0 bridgehead atoms. The highest BCUT2D eigenvalue weighted by Gasteiger charge is 1.91. The minimum absolute atomic E-state index is 0.713. The highest BCUT2D eigenvalue weighted by Crippen LogP contribution is 1.77. The molecule has 0 fully saturated rings. The summed E-state index contributed by atoms with van der Waals surface area (Å²) in [4.78, 5) is 0. The average molecular weight is 315 g/mol. The molecule has 0 aliphatic carbocycles. The predicted octanol–water partition coefficient (Wildman–Crippen LogP) is 0.528. The first-order valence-corrected chi connectivity index (χ1v) is 8.24. The SMILES string of the molecule is SCC=c1ccc(=CCS)c(=CCS)c1=CCS. The van der Waals surface area contributed by atoms with Crippen LogP contribution < -0.4 is 20.9 Å². The van der Waals surface area contributed by atoms with Gasteiger partial charge in [-0.1, -0.05) is 36.4 Å². The zero-order chi connectivity index (χ0) is 13.4. The first kappa shape index (κ1) is 16.2. The van der Waals surface area contributed by atoms with Crippen molar-refractivity contribution in [3.63, 3.8) is 0 Å². The van der Waals surface area contributed by atoms with Crippen molar-refractivity contribution >= 4 is 74.8 Å². The van der Waals surface area contributed by atoms with E-state index < -0.39 is 0 Å². The van der Waals surface area contributed by atoms with Crippen LogP contribution in [0.2, 0.25) is 0 Å². The van der Waals surface area contributed by atoms with Gasteiger partial charge in [0.1, 0.15) is 0 Å². The Balaban J connectivity index is 3.85. The Hall–Kier alpha value is 0.1000. The minimum atomic E-state index is 0.713. The normalized spacial score (nSPS) is 15.8. The van der Waals surface area contributed by atoms with E-state index in [4.69, 9.17) is 0 Å². The third kappa shape index (κ3) is 4.34. The van der Waals surface area contributed by atoms with Gasteiger partial charge in [0.05, 0.1) is 0 Å². The molecule has 0 amide bonds. The largest absolute Gasteiger partial charge is 0.175 e. The van der Waals surface area contributed by atoms with Crippen LogP contribution in [0.15, 0.2) is 12.1 Å². The van der Waals surface area contributed by atoms with Crippen molar-refractivity contribution in [2.45, 2.75) is 0 Å². The molecule has 1 rings (SSSR count). The second kappa shape index (κ2) is 9.08. The van der Waals surface area contributed by atoms with Gasteiger partial charge < -0.3 is 0 Å². The molecular weight excluding hydrogens is 296 g/mol. The van der Waals surface area contributed by atoms with Crippen LogP contribution in [0, 0.1) is 0 Å². The van der Waals surface area contributed by atoms with Gasteiger partial charge in [0.25, 0.3) is 0 Å². The predicted molar refractivity (Wildman–Crippen MR) is 98.2 cm³/mol. The van der Waals surface area contributed by atoms with E-state index in [0.717, 1.165) is 11.5 Å². The van der Waals surface area contributed by atoms with Crippen LogP contribution in [0.3, 0.4) is 0 Å². The summed E-state index contributed by atoms with van der Waals surface area (Å²) < 4.78 is 0. The summed E-state index contributed by atoms with van der Waals surface area (Å²) in [5.74, 6) is 2.88. The Morgan fingerprint density at radius 3 is 1.22 bits per heavy atom. The maximum Gasteiger partial charge on any atom is 0.00919 e. The summed E-state index contributed by atoms with van der Waals surface area (Å²) >= 11 is 17.1. The Labute approximate surface area is 130 Å². The molecule has 0 aromatic heterocycles. The zero-order valence-electron chi connectivity index (χ0n) is 10.1. The van der Waals surface area contributed by atoms with Gasteiger partial charge in [-0.3, -0.25) is 0 Å². The Morgan fingerprint density at radius 2 is 0.944 bits per heavy atom. The lowest BCUT2D eigenvalue weighted by Crippen LogP contribution is -2.48.